The Bertz CT molecular complexity index is 354. The summed E-state index contributed by atoms with van der Waals surface area (Å²) in [5, 5.41) is 3.29. The van der Waals surface area contributed by atoms with Gasteiger partial charge in [0.1, 0.15) is 5.82 Å². The van der Waals surface area contributed by atoms with Gasteiger partial charge in [0, 0.05) is 18.0 Å². The molecule has 0 aliphatic heterocycles. The molecule has 1 aromatic rings. The lowest BCUT2D eigenvalue weighted by Gasteiger charge is -2.14. The minimum atomic E-state index is -0.147. The molecule has 0 amide bonds. The Kier molecular flexibility index (Phi) is 5.60. The molecule has 0 aliphatic rings. The highest BCUT2D eigenvalue weighted by Gasteiger charge is 2.08. The molecule has 1 rings (SSSR count). The van der Waals surface area contributed by atoms with Gasteiger partial charge < -0.3 is 5.32 Å². The van der Waals surface area contributed by atoms with Crippen LogP contribution < -0.4 is 5.32 Å². The highest BCUT2D eigenvalue weighted by Crippen LogP contribution is 2.15. The summed E-state index contributed by atoms with van der Waals surface area (Å²) in [5.41, 5.74) is 0.722. The Morgan fingerprint density at radius 2 is 2.12 bits per heavy atom. The lowest BCUT2D eigenvalue weighted by molar-refractivity contribution is 0.516. The SMILES string of the molecule is C#CCCCCN[C@H](C)c1ccccc1F. The van der Waals surface area contributed by atoms with E-state index in [2.05, 4.69) is 11.2 Å². The van der Waals surface area contributed by atoms with Crippen LogP contribution in [0.2, 0.25) is 0 Å². The number of nitrogens with one attached hydrogen (secondary N) is 1. The molecule has 1 aromatic carbocycles. The molecule has 0 saturated heterocycles. The van der Waals surface area contributed by atoms with Crippen molar-refractivity contribution in [2.75, 3.05) is 6.54 Å². The predicted molar refractivity (Wildman–Crippen MR) is 65.5 cm³/mol. The first-order valence-electron chi connectivity index (χ1n) is 5.67. The zero-order chi connectivity index (χ0) is 11.8. The third-order valence-electron chi connectivity index (χ3n) is 2.57. The second-order valence-electron chi connectivity index (χ2n) is 3.86. The maximum atomic E-state index is 13.4. The molecule has 0 aliphatic carbocycles. The van der Waals surface area contributed by atoms with Crippen LogP contribution >= 0.6 is 0 Å². The van der Waals surface area contributed by atoms with Crippen LogP contribution in [0.5, 0.6) is 0 Å². The summed E-state index contributed by atoms with van der Waals surface area (Å²) in [5.74, 6) is 2.46. The van der Waals surface area contributed by atoms with E-state index in [1.807, 2.05) is 19.1 Å². The van der Waals surface area contributed by atoms with Crippen molar-refractivity contribution in [3.63, 3.8) is 0 Å². The van der Waals surface area contributed by atoms with Gasteiger partial charge in [-0.1, -0.05) is 18.2 Å². The van der Waals surface area contributed by atoms with Gasteiger partial charge in [-0.15, -0.1) is 12.3 Å². The van der Waals surface area contributed by atoms with Gasteiger partial charge in [-0.3, -0.25) is 0 Å². The van der Waals surface area contributed by atoms with Gasteiger partial charge in [0.25, 0.3) is 0 Å². The number of benzene rings is 1. The van der Waals surface area contributed by atoms with E-state index in [1.54, 1.807) is 6.07 Å². The van der Waals surface area contributed by atoms with Crippen LogP contribution in [-0.4, -0.2) is 6.54 Å². The lowest BCUT2D eigenvalue weighted by atomic mass is 10.1. The Morgan fingerprint density at radius 1 is 1.38 bits per heavy atom. The number of rotatable bonds is 6. The fraction of sp³-hybridized carbons (Fsp3) is 0.429. The molecule has 2 heteroatoms. The molecule has 0 radical (unpaired) electrons. The monoisotopic (exact) mass is 219 g/mol. The molecule has 0 unspecified atom stereocenters. The van der Waals surface area contributed by atoms with Gasteiger partial charge in [0.2, 0.25) is 0 Å². The van der Waals surface area contributed by atoms with Crippen molar-refractivity contribution in [2.45, 2.75) is 32.2 Å². The number of halogens is 1. The van der Waals surface area contributed by atoms with Crippen molar-refractivity contribution in [2.24, 2.45) is 0 Å². The van der Waals surface area contributed by atoms with Crippen LogP contribution in [0, 0.1) is 18.2 Å². The molecule has 16 heavy (non-hydrogen) atoms. The Labute approximate surface area is 97.1 Å². The molecule has 1 N–H and O–H groups in total. The van der Waals surface area contributed by atoms with Gasteiger partial charge in [-0.2, -0.15) is 0 Å². The predicted octanol–water partition coefficient (Wildman–Crippen LogP) is 3.28. The maximum absolute atomic E-state index is 13.4. The fourth-order valence-corrected chi connectivity index (χ4v) is 1.61. The van der Waals surface area contributed by atoms with Gasteiger partial charge in [-0.05, 0) is 32.4 Å². The summed E-state index contributed by atoms with van der Waals surface area (Å²) in [4.78, 5) is 0. The van der Waals surface area contributed by atoms with Crippen molar-refractivity contribution in [3.8, 4) is 12.3 Å². The van der Waals surface area contributed by atoms with E-state index >= 15 is 0 Å². The van der Waals surface area contributed by atoms with E-state index in [0.29, 0.717) is 0 Å². The molecular formula is C14H18FN. The number of terminal acetylenes is 1. The fourth-order valence-electron chi connectivity index (χ4n) is 1.61. The van der Waals surface area contributed by atoms with Crippen LogP contribution in [0.15, 0.2) is 24.3 Å². The molecule has 0 fully saturated rings. The molecule has 0 saturated carbocycles. The average molecular weight is 219 g/mol. The smallest absolute Gasteiger partial charge is 0.127 e. The molecule has 1 atom stereocenters. The minimum Gasteiger partial charge on any atom is -0.310 e. The molecule has 0 aromatic heterocycles. The first-order valence-corrected chi connectivity index (χ1v) is 5.67. The number of hydrogen-bond acceptors (Lipinski definition) is 1. The molecule has 86 valence electrons. The Morgan fingerprint density at radius 3 is 2.81 bits per heavy atom. The zero-order valence-electron chi connectivity index (χ0n) is 9.67. The minimum absolute atomic E-state index is 0.0482. The van der Waals surface area contributed by atoms with E-state index in [9.17, 15) is 4.39 Å². The number of unbranched alkanes of at least 4 members (excludes halogenated alkanes) is 2. The largest absolute Gasteiger partial charge is 0.310 e. The van der Waals surface area contributed by atoms with Crippen LogP contribution in [0.25, 0.3) is 0 Å². The van der Waals surface area contributed by atoms with Crippen molar-refractivity contribution >= 4 is 0 Å². The molecule has 0 bridgehead atoms. The van der Waals surface area contributed by atoms with Gasteiger partial charge in [0.05, 0.1) is 0 Å². The lowest BCUT2D eigenvalue weighted by Crippen LogP contribution is -2.20. The highest BCUT2D eigenvalue weighted by atomic mass is 19.1. The van der Waals surface area contributed by atoms with E-state index in [1.165, 1.54) is 6.07 Å². The molecule has 0 spiro atoms. The van der Waals surface area contributed by atoms with Crippen LogP contribution in [0.4, 0.5) is 4.39 Å². The third kappa shape index (κ3) is 4.04. The van der Waals surface area contributed by atoms with Crippen LogP contribution in [0.3, 0.4) is 0 Å². The van der Waals surface area contributed by atoms with Crippen molar-refractivity contribution < 1.29 is 4.39 Å². The second-order valence-corrected chi connectivity index (χ2v) is 3.86. The second kappa shape index (κ2) is 7.03. The van der Waals surface area contributed by atoms with Crippen molar-refractivity contribution in [1.29, 1.82) is 0 Å². The Hall–Kier alpha value is -1.33. The highest BCUT2D eigenvalue weighted by molar-refractivity contribution is 5.20. The van der Waals surface area contributed by atoms with Crippen molar-refractivity contribution in [1.82, 2.24) is 5.32 Å². The first kappa shape index (κ1) is 12.7. The summed E-state index contributed by atoms with van der Waals surface area (Å²) < 4.78 is 13.4. The third-order valence-corrected chi connectivity index (χ3v) is 2.57. The van der Waals surface area contributed by atoms with E-state index in [4.69, 9.17) is 6.42 Å². The molecular weight excluding hydrogens is 201 g/mol. The van der Waals surface area contributed by atoms with E-state index in [0.717, 1.165) is 31.4 Å². The zero-order valence-corrected chi connectivity index (χ0v) is 9.67. The van der Waals surface area contributed by atoms with Crippen LogP contribution in [-0.2, 0) is 0 Å². The van der Waals surface area contributed by atoms with Gasteiger partial charge in [0.15, 0.2) is 0 Å². The summed E-state index contributed by atoms with van der Waals surface area (Å²) in [6.45, 7) is 2.84. The summed E-state index contributed by atoms with van der Waals surface area (Å²) in [7, 11) is 0. The first-order chi connectivity index (χ1) is 7.75. The summed E-state index contributed by atoms with van der Waals surface area (Å²) in [6.07, 6.45) is 8.03. The quantitative estimate of drug-likeness (QED) is 0.572. The van der Waals surface area contributed by atoms with Crippen LogP contribution in [0.1, 0.15) is 37.8 Å². The van der Waals surface area contributed by atoms with Crippen molar-refractivity contribution in [3.05, 3.63) is 35.6 Å². The molecule has 0 heterocycles. The standard InChI is InChI=1S/C14H18FN/c1-3-4-5-8-11-16-12(2)13-9-6-7-10-14(13)15/h1,6-7,9-10,12,16H,4-5,8,11H2,2H3/t12-/m1/s1. The number of hydrogen-bond donors (Lipinski definition) is 1. The maximum Gasteiger partial charge on any atom is 0.127 e. The summed E-state index contributed by atoms with van der Waals surface area (Å²) in [6, 6.07) is 6.92. The molecule has 1 nitrogen and oxygen atoms in total. The van der Waals surface area contributed by atoms with Gasteiger partial charge >= 0.3 is 0 Å². The average Bonchev–Trinajstić information content (AvgIpc) is 2.29. The van der Waals surface area contributed by atoms with E-state index in [-0.39, 0.29) is 11.9 Å². The van der Waals surface area contributed by atoms with E-state index < -0.39 is 0 Å². The normalized spacial score (nSPS) is 12.1. The summed E-state index contributed by atoms with van der Waals surface area (Å²) >= 11 is 0. The topological polar surface area (TPSA) is 12.0 Å². The Balaban J connectivity index is 2.33. The van der Waals surface area contributed by atoms with Gasteiger partial charge in [-0.25, -0.2) is 4.39 Å².